The molecule has 1 N–H and O–H groups in total. The van der Waals surface area contributed by atoms with Gasteiger partial charge < -0.3 is 15.0 Å². The second kappa shape index (κ2) is 7.38. The predicted molar refractivity (Wildman–Crippen MR) is 106 cm³/mol. The fraction of sp³-hybridized carbons (Fsp3) is 0.286. The molecule has 0 bridgehead atoms. The summed E-state index contributed by atoms with van der Waals surface area (Å²) in [5.74, 6) is 0.854. The van der Waals surface area contributed by atoms with Gasteiger partial charge in [-0.2, -0.15) is 11.3 Å². The van der Waals surface area contributed by atoms with Gasteiger partial charge in [0.25, 0.3) is 0 Å². The molecule has 2 amide bonds. The zero-order valence-electron chi connectivity index (χ0n) is 14.8. The first-order chi connectivity index (χ1) is 12.7. The molecular formula is C21H22N2O2S. The number of methoxy groups -OCH3 is 1. The van der Waals surface area contributed by atoms with E-state index in [0.29, 0.717) is 6.54 Å². The Bertz CT molecular complexity index is 908. The molecule has 26 heavy (non-hydrogen) atoms. The van der Waals surface area contributed by atoms with E-state index < -0.39 is 0 Å². The predicted octanol–water partition coefficient (Wildman–Crippen LogP) is 4.96. The van der Waals surface area contributed by atoms with E-state index in [9.17, 15) is 4.79 Å². The average Bonchev–Trinajstić information content (AvgIpc) is 3.36. The third-order valence-electron chi connectivity index (χ3n) is 5.00. The number of hydrogen-bond acceptors (Lipinski definition) is 3. The molecule has 1 fully saturated rings. The van der Waals surface area contributed by atoms with Crippen molar-refractivity contribution in [3.05, 3.63) is 64.4 Å². The minimum Gasteiger partial charge on any atom is -0.497 e. The van der Waals surface area contributed by atoms with Gasteiger partial charge in [-0.15, -0.1) is 0 Å². The molecule has 3 aromatic rings. The lowest BCUT2D eigenvalue weighted by molar-refractivity contribution is 0.192. The van der Waals surface area contributed by atoms with Crippen molar-refractivity contribution in [2.24, 2.45) is 0 Å². The number of urea groups is 1. The van der Waals surface area contributed by atoms with Crippen LogP contribution in [-0.4, -0.2) is 24.6 Å². The molecule has 2 heterocycles. The van der Waals surface area contributed by atoms with Crippen LogP contribution in [0.25, 0.3) is 10.8 Å². The van der Waals surface area contributed by atoms with Crippen molar-refractivity contribution in [2.75, 3.05) is 13.7 Å². The topological polar surface area (TPSA) is 41.6 Å². The maximum Gasteiger partial charge on any atom is 0.318 e. The summed E-state index contributed by atoms with van der Waals surface area (Å²) in [6.45, 7) is 1.36. The van der Waals surface area contributed by atoms with Gasteiger partial charge in [0, 0.05) is 13.1 Å². The lowest BCUT2D eigenvalue weighted by atomic mass is 10.1. The molecule has 1 atom stereocenters. The van der Waals surface area contributed by atoms with Gasteiger partial charge in [0.1, 0.15) is 5.75 Å². The second-order valence-corrected chi connectivity index (χ2v) is 7.39. The highest BCUT2D eigenvalue weighted by atomic mass is 32.1. The van der Waals surface area contributed by atoms with E-state index in [2.05, 4.69) is 40.3 Å². The zero-order valence-corrected chi connectivity index (χ0v) is 15.6. The smallest absolute Gasteiger partial charge is 0.318 e. The van der Waals surface area contributed by atoms with Crippen molar-refractivity contribution >= 4 is 28.1 Å². The molecule has 0 unspecified atom stereocenters. The van der Waals surface area contributed by atoms with Crippen LogP contribution in [-0.2, 0) is 6.54 Å². The first kappa shape index (κ1) is 16.9. The summed E-state index contributed by atoms with van der Waals surface area (Å²) in [4.78, 5) is 14.6. The van der Waals surface area contributed by atoms with E-state index >= 15 is 0 Å². The minimum atomic E-state index is 0.0218. The maximum absolute atomic E-state index is 12.7. The van der Waals surface area contributed by atoms with Crippen LogP contribution >= 0.6 is 11.3 Å². The van der Waals surface area contributed by atoms with Gasteiger partial charge in [-0.3, -0.25) is 0 Å². The van der Waals surface area contributed by atoms with E-state index in [0.717, 1.165) is 41.5 Å². The van der Waals surface area contributed by atoms with Crippen molar-refractivity contribution in [1.29, 1.82) is 0 Å². The second-order valence-electron chi connectivity index (χ2n) is 6.61. The van der Waals surface area contributed by atoms with Gasteiger partial charge >= 0.3 is 6.03 Å². The molecule has 0 aliphatic carbocycles. The number of fused-ring (bicyclic) bond motifs is 1. The van der Waals surface area contributed by atoms with Crippen LogP contribution in [0.15, 0.2) is 53.2 Å². The third kappa shape index (κ3) is 3.40. The molecule has 1 aromatic heterocycles. The van der Waals surface area contributed by atoms with Crippen LogP contribution in [0.3, 0.4) is 0 Å². The molecule has 1 aliphatic heterocycles. The highest BCUT2D eigenvalue weighted by Gasteiger charge is 2.29. The molecule has 0 radical (unpaired) electrons. The SMILES string of the molecule is COc1ccc2cc(CNC(=O)N3CCC[C@H]3c3ccsc3)ccc2c1. The maximum atomic E-state index is 12.7. The molecule has 4 nitrogen and oxygen atoms in total. The molecule has 4 rings (SSSR count). The van der Waals surface area contributed by atoms with Crippen molar-refractivity contribution in [3.63, 3.8) is 0 Å². The minimum absolute atomic E-state index is 0.0218. The van der Waals surface area contributed by atoms with Gasteiger partial charge in [-0.25, -0.2) is 4.79 Å². The number of carbonyl (C=O) groups is 1. The molecular weight excluding hydrogens is 344 g/mol. The van der Waals surface area contributed by atoms with E-state index in [1.54, 1.807) is 18.4 Å². The monoisotopic (exact) mass is 366 g/mol. The lowest BCUT2D eigenvalue weighted by Gasteiger charge is -2.24. The lowest BCUT2D eigenvalue weighted by Crippen LogP contribution is -2.39. The number of hydrogen-bond donors (Lipinski definition) is 1. The van der Waals surface area contributed by atoms with Gasteiger partial charge in [0.05, 0.1) is 13.2 Å². The highest BCUT2D eigenvalue weighted by molar-refractivity contribution is 7.08. The molecule has 0 saturated carbocycles. The Morgan fingerprint density at radius 1 is 1.23 bits per heavy atom. The summed E-state index contributed by atoms with van der Waals surface area (Å²) in [5.41, 5.74) is 2.35. The number of thiophene rings is 1. The number of nitrogens with one attached hydrogen (secondary N) is 1. The van der Waals surface area contributed by atoms with Crippen molar-refractivity contribution in [1.82, 2.24) is 10.2 Å². The van der Waals surface area contributed by atoms with Gasteiger partial charge in [0.2, 0.25) is 0 Å². The number of nitrogens with zero attached hydrogens (tertiary/aromatic N) is 1. The van der Waals surface area contributed by atoms with Crippen LogP contribution in [0.1, 0.15) is 30.0 Å². The number of carbonyl (C=O) groups excluding carboxylic acids is 1. The van der Waals surface area contributed by atoms with E-state index in [1.165, 1.54) is 5.56 Å². The number of rotatable bonds is 4. The van der Waals surface area contributed by atoms with E-state index in [-0.39, 0.29) is 12.1 Å². The Morgan fingerprint density at radius 3 is 2.88 bits per heavy atom. The van der Waals surface area contributed by atoms with Gasteiger partial charge in [-0.05, 0) is 69.8 Å². The van der Waals surface area contributed by atoms with Crippen LogP contribution in [0.4, 0.5) is 4.79 Å². The van der Waals surface area contributed by atoms with Crippen molar-refractivity contribution in [2.45, 2.75) is 25.4 Å². The summed E-state index contributed by atoms with van der Waals surface area (Å²) in [7, 11) is 1.67. The zero-order chi connectivity index (χ0) is 17.9. The summed E-state index contributed by atoms with van der Waals surface area (Å²) < 4.78 is 5.27. The summed E-state index contributed by atoms with van der Waals surface area (Å²) in [5, 5.41) is 9.59. The quantitative estimate of drug-likeness (QED) is 0.709. The molecule has 0 spiro atoms. The molecule has 2 aromatic carbocycles. The number of amides is 2. The summed E-state index contributed by atoms with van der Waals surface area (Å²) in [6.07, 6.45) is 2.10. The Morgan fingerprint density at radius 2 is 2.08 bits per heavy atom. The summed E-state index contributed by atoms with van der Waals surface area (Å²) in [6, 6.07) is 14.6. The van der Waals surface area contributed by atoms with Gasteiger partial charge in [-0.1, -0.05) is 18.2 Å². The molecule has 5 heteroatoms. The van der Waals surface area contributed by atoms with E-state index in [1.807, 2.05) is 23.1 Å². The van der Waals surface area contributed by atoms with Gasteiger partial charge in [0.15, 0.2) is 0 Å². The first-order valence-electron chi connectivity index (χ1n) is 8.88. The fourth-order valence-corrected chi connectivity index (χ4v) is 4.32. The molecule has 1 aliphatic rings. The molecule has 134 valence electrons. The van der Waals surface area contributed by atoms with Crippen LogP contribution in [0.2, 0.25) is 0 Å². The Balaban J connectivity index is 1.43. The largest absolute Gasteiger partial charge is 0.497 e. The summed E-state index contributed by atoms with van der Waals surface area (Å²) >= 11 is 1.69. The Kier molecular flexibility index (Phi) is 4.80. The van der Waals surface area contributed by atoms with E-state index in [4.69, 9.17) is 4.74 Å². The normalized spacial score (nSPS) is 16.8. The standard InChI is InChI=1S/C21H22N2O2S/c1-25-19-7-6-16-11-15(4-5-17(16)12-19)13-22-21(24)23-9-2-3-20(23)18-8-10-26-14-18/h4-8,10-12,14,20H,2-3,9,13H2,1H3,(H,22,24)/t20-/m0/s1. The van der Waals surface area contributed by atoms with Crippen LogP contribution in [0.5, 0.6) is 5.75 Å². The first-order valence-corrected chi connectivity index (χ1v) is 9.82. The van der Waals surface area contributed by atoms with Crippen molar-refractivity contribution in [3.8, 4) is 5.75 Å². The number of benzene rings is 2. The number of likely N-dealkylation sites (tertiary alicyclic amines) is 1. The van der Waals surface area contributed by atoms with Crippen LogP contribution < -0.4 is 10.1 Å². The molecule has 1 saturated heterocycles. The Hall–Kier alpha value is -2.53. The van der Waals surface area contributed by atoms with Crippen molar-refractivity contribution < 1.29 is 9.53 Å². The Labute approximate surface area is 157 Å². The van der Waals surface area contributed by atoms with Crippen LogP contribution in [0, 0.1) is 0 Å². The fourth-order valence-electron chi connectivity index (χ4n) is 3.61. The average molecular weight is 366 g/mol. The third-order valence-corrected chi connectivity index (χ3v) is 5.70. The highest BCUT2D eigenvalue weighted by Crippen LogP contribution is 2.33. The number of ether oxygens (including phenoxy) is 1.